The Morgan fingerprint density at radius 2 is 2.40 bits per heavy atom. The molecule has 0 fully saturated rings. The van der Waals surface area contributed by atoms with Crippen molar-refractivity contribution >= 4 is 11.3 Å². The third kappa shape index (κ3) is 1.55. The Labute approximate surface area is 65.1 Å². The predicted molar refractivity (Wildman–Crippen MR) is 44.1 cm³/mol. The van der Waals surface area contributed by atoms with E-state index in [0.717, 1.165) is 0 Å². The lowest BCUT2D eigenvalue weighted by Crippen LogP contribution is -1.91. The quantitative estimate of drug-likeness (QED) is 0.708. The van der Waals surface area contributed by atoms with Crippen molar-refractivity contribution in [3.05, 3.63) is 16.1 Å². The number of nitrogens with two attached hydrogens (primary N) is 1. The van der Waals surface area contributed by atoms with Crippen LogP contribution in [0.2, 0.25) is 0 Å². The highest BCUT2D eigenvalue weighted by Gasteiger charge is 2.03. The Hall–Kier alpha value is -0.410. The van der Waals surface area contributed by atoms with E-state index in [4.69, 9.17) is 5.73 Å². The standard InChI is InChI=1S/C7H12N2S/c1-5(2)7-9-4-6(3-8)10-7/h4-5H,3,8H2,1-2H3. The smallest absolute Gasteiger partial charge is 0.0953 e. The molecule has 0 bridgehead atoms. The Morgan fingerprint density at radius 3 is 2.70 bits per heavy atom. The van der Waals surface area contributed by atoms with E-state index < -0.39 is 0 Å². The van der Waals surface area contributed by atoms with Crippen LogP contribution in [-0.2, 0) is 6.54 Å². The SMILES string of the molecule is CC(C)c1ncc(CN)s1. The van der Waals surface area contributed by atoms with Crippen LogP contribution < -0.4 is 5.73 Å². The summed E-state index contributed by atoms with van der Waals surface area (Å²) < 4.78 is 0. The van der Waals surface area contributed by atoms with Crippen LogP contribution in [0.25, 0.3) is 0 Å². The molecular formula is C7H12N2S. The molecule has 0 amide bonds. The molecule has 0 unspecified atom stereocenters. The van der Waals surface area contributed by atoms with Gasteiger partial charge in [0.25, 0.3) is 0 Å². The molecule has 0 aliphatic carbocycles. The second-order valence-corrected chi connectivity index (χ2v) is 3.67. The maximum Gasteiger partial charge on any atom is 0.0953 e. The highest BCUT2D eigenvalue weighted by molar-refractivity contribution is 7.11. The van der Waals surface area contributed by atoms with Gasteiger partial charge in [0.05, 0.1) is 5.01 Å². The first-order chi connectivity index (χ1) is 4.74. The molecule has 0 saturated carbocycles. The van der Waals surface area contributed by atoms with Gasteiger partial charge in [-0.3, -0.25) is 0 Å². The topological polar surface area (TPSA) is 38.9 Å². The molecule has 1 aromatic heterocycles. The van der Waals surface area contributed by atoms with Gasteiger partial charge in [0.2, 0.25) is 0 Å². The maximum absolute atomic E-state index is 5.43. The van der Waals surface area contributed by atoms with Gasteiger partial charge in [-0.15, -0.1) is 11.3 Å². The zero-order valence-electron chi connectivity index (χ0n) is 6.29. The van der Waals surface area contributed by atoms with Crippen LogP contribution in [0.1, 0.15) is 29.7 Å². The van der Waals surface area contributed by atoms with Crippen molar-refractivity contribution in [1.29, 1.82) is 0 Å². The molecule has 0 atom stereocenters. The van der Waals surface area contributed by atoms with Crippen LogP contribution in [-0.4, -0.2) is 4.98 Å². The number of rotatable bonds is 2. The van der Waals surface area contributed by atoms with Gasteiger partial charge < -0.3 is 5.73 Å². The second kappa shape index (κ2) is 3.12. The van der Waals surface area contributed by atoms with E-state index >= 15 is 0 Å². The summed E-state index contributed by atoms with van der Waals surface area (Å²) in [4.78, 5) is 5.40. The van der Waals surface area contributed by atoms with Crippen molar-refractivity contribution < 1.29 is 0 Å². The minimum absolute atomic E-state index is 0.533. The highest BCUT2D eigenvalue weighted by atomic mass is 32.1. The van der Waals surface area contributed by atoms with Gasteiger partial charge in [-0.05, 0) is 0 Å². The van der Waals surface area contributed by atoms with E-state index in [-0.39, 0.29) is 0 Å². The first-order valence-electron chi connectivity index (χ1n) is 3.38. The number of aromatic nitrogens is 1. The monoisotopic (exact) mass is 156 g/mol. The molecule has 0 aliphatic rings. The van der Waals surface area contributed by atoms with Crippen LogP contribution in [0.5, 0.6) is 0 Å². The van der Waals surface area contributed by atoms with E-state index in [2.05, 4.69) is 18.8 Å². The van der Waals surface area contributed by atoms with Crippen molar-refractivity contribution in [2.45, 2.75) is 26.3 Å². The number of hydrogen-bond acceptors (Lipinski definition) is 3. The summed E-state index contributed by atoms with van der Waals surface area (Å²) in [7, 11) is 0. The zero-order valence-corrected chi connectivity index (χ0v) is 7.11. The van der Waals surface area contributed by atoms with E-state index in [1.165, 1.54) is 9.88 Å². The highest BCUT2D eigenvalue weighted by Crippen LogP contribution is 2.20. The van der Waals surface area contributed by atoms with Crippen LogP contribution in [0, 0.1) is 0 Å². The summed E-state index contributed by atoms with van der Waals surface area (Å²) >= 11 is 1.70. The molecule has 3 heteroatoms. The Morgan fingerprint density at radius 1 is 1.70 bits per heavy atom. The molecule has 56 valence electrons. The van der Waals surface area contributed by atoms with Gasteiger partial charge in [0.1, 0.15) is 0 Å². The molecule has 0 radical (unpaired) electrons. The zero-order chi connectivity index (χ0) is 7.56. The van der Waals surface area contributed by atoms with Gasteiger partial charge in [-0.2, -0.15) is 0 Å². The minimum atomic E-state index is 0.533. The summed E-state index contributed by atoms with van der Waals surface area (Å²) in [6.07, 6.45) is 1.86. The predicted octanol–water partition coefficient (Wildman–Crippen LogP) is 1.73. The van der Waals surface area contributed by atoms with Crippen molar-refractivity contribution in [2.24, 2.45) is 5.73 Å². The average Bonchev–Trinajstić information content (AvgIpc) is 2.34. The normalized spacial score (nSPS) is 10.8. The van der Waals surface area contributed by atoms with E-state index in [0.29, 0.717) is 12.5 Å². The van der Waals surface area contributed by atoms with Crippen LogP contribution in [0.4, 0.5) is 0 Å². The van der Waals surface area contributed by atoms with E-state index in [1.807, 2.05) is 6.20 Å². The fourth-order valence-corrected chi connectivity index (χ4v) is 1.48. The molecule has 0 saturated heterocycles. The Balaban J connectivity index is 2.78. The fraction of sp³-hybridized carbons (Fsp3) is 0.571. The third-order valence-electron chi connectivity index (χ3n) is 1.27. The molecule has 10 heavy (non-hydrogen) atoms. The molecule has 0 aliphatic heterocycles. The molecule has 1 aromatic rings. The summed E-state index contributed by atoms with van der Waals surface area (Å²) in [5, 5.41) is 1.18. The summed E-state index contributed by atoms with van der Waals surface area (Å²) in [6, 6.07) is 0. The van der Waals surface area contributed by atoms with Gasteiger partial charge in [-0.25, -0.2) is 4.98 Å². The van der Waals surface area contributed by atoms with Crippen LogP contribution >= 0.6 is 11.3 Å². The van der Waals surface area contributed by atoms with Crippen molar-refractivity contribution in [2.75, 3.05) is 0 Å². The molecule has 2 N–H and O–H groups in total. The molecule has 0 spiro atoms. The van der Waals surface area contributed by atoms with Crippen LogP contribution in [0.15, 0.2) is 6.20 Å². The molecule has 0 aromatic carbocycles. The fourth-order valence-electron chi connectivity index (χ4n) is 0.684. The lowest BCUT2D eigenvalue weighted by Gasteiger charge is -1.94. The first-order valence-corrected chi connectivity index (χ1v) is 4.20. The van der Waals surface area contributed by atoms with Gasteiger partial charge in [0, 0.05) is 23.5 Å². The number of thiazole rings is 1. The van der Waals surface area contributed by atoms with Crippen molar-refractivity contribution in [3.8, 4) is 0 Å². The molecule has 1 rings (SSSR count). The van der Waals surface area contributed by atoms with Crippen molar-refractivity contribution in [3.63, 3.8) is 0 Å². The third-order valence-corrected chi connectivity index (χ3v) is 2.59. The second-order valence-electron chi connectivity index (χ2n) is 2.52. The Bertz CT molecular complexity index is 205. The largest absolute Gasteiger partial charge is 0.326 e. The lowest BCUT2D eigenvalue weighted by atomic mass is 10.2. The summed E-state index contributed by atoms with van der Waals surface area (Å²) in [5.74, 6) is 0.533. The van der Waals surface area contributed by atoms with Gasteiger partial charge >= 0.3 is 0 Å². The Kier molecular flexibility index (Phi) is 2.40. The maximum atomic E-state index is 5.43. The van der Waals surface area contributed by atoms with E-state index in [9.17, 15) is 0 Å². The molecule has 2 nitrogen and oxygen atoms in total. The van der Waals surface area contributed by atoms with Crippen LogP contribution in [0.3, 0.4) is 0 Å². The summed E-state index contributed by atoms with van der Waals surface area (Å²) in [5.41, 5.74) is 5.43. The number of hydrogen-bond donors (Lipinski definition) is 1. The minimum Gasteiger partial charge on any atom is -0.326 e. The van der Waals surface area contributed by atoms with Gasteiger partial charge in [-0.1, -0.05) is 13.8 Å². The molecule has 1 heterocycles. The van der Waals surface area contributed by atoms with E-state index in [1.54, 1.807) is 11.3 Å². The first kappa shape index (κ1) is 7.69. The summed E-state index contributed by atoms with van der Waals surface area (Å²) in [6.45, 7) is 4.89. The lowest BCUT2D eigenvalue weighted by molar-refractivity contribution is 0.852. The number of nitrogens with zero attached hydrogens (tertiary/aromatic N) is 1. The van der Waals surface area contributed by atoms with Crippen molar-refractivity contribution in [1.82, 2.24) is 4.98 Å². The molecular weight excluding hydrogens is 144 g/mol. The van der Waals surface area contributed by atoms with Gasteiger partial charge in [0.15, 0.2) is 0 Å². The average molecular weight is 156 g/mol.